The Balaban J connectivity index is -0.0000000405. The van der Waals surface area contributed by atoms with Crippen LogP contribution in [0, 0.1) is 60.7 Å². The van der Waals surface area contributed by atoms with Gasteiger partial charge >= 0.3 is 0 Å². The minimum Gasteiger partial charge on any atom is -0.328 e. The van der Waals surface area contributed by atoms with Gasteiger partial charge in [0, 0.05) is 0 Å². The maximum Gasteiger partial charge on any atom is 0.291 e. The van der Waals surface area contributed by atoms with E-state index in [1.165, 1.54) is 0 Å². The first kappa shape index (κ1) is 36.5. The lowest BCUT2D eigenvalue weighted by atomic mass is 13.1. The molecule has 0 aliphatic heterocycles. The van der Waals surface area contributed by atoms with Gasteiger partial charge in [0.25, 0.3) is 30.5 Å². The molecule has 0 radical (unpaired) electrons. The predicted octanol–water partition coefficient (Wildman–Crippen LogP) is -2.09. The first-order chi connectivity index (χ1) is 10.4. The molecule has 0 aromatic carbocycles. The zero-order valence-corrected chi connectivity index (χ0v) is 10.3. The van der Waals surface area contributed by atoms with Crippen LogP contribution in [0.1, 0.15) is 0 Å². The van der Waals surface area contributed by atoms with E-state index in [9.17, 15) is 0 Å². The van der Waals surface area contributed by atoms with E-state index in [1.807, 2.05) is 0 Å². The number of nitrogens with zero attached hydrogens (tertiary/aromatic N) is 6. The van der Waals surface area contributed by atoms with Crippen molar-refractivity contribution in [3.63, 3.8) is 0 Å². The van der Waals surface area contributed by atoms with Gasteiger partial charge in [-0.25, -0.2) is 0 Å². The third kappa shape index (κ3) is 196. The van der Waals surface area contributed by atoms with Gasteiger partial charge in [-0.1, -0.05) is 0 Å². The maximum atomic E-state index is 8.36. The lowest BCUT2D eigenvalue weighted by Gasteiger charge is -1.56. The summed E-state index contributed by atoms with van der Waals surface area (Å²) in [7, 11) is 0. The molecule has 0 saturated heterocycles. The fraction of sp³-hybridized carbons (Fsp3) is 0. The lowest BCUT2D eigenvalue weighted by Crippen LogP contribution is -1.81. The summed E-state index contributed by atoms with van der Waals surface area (Å²) >= 11 is 0. The SMILES string of the molecule is O=[N+]([O-])O.O=[N+]([O-])O.O=[N+]([O-])O.O=[N+]([O-])O.O=[N+]([O-])O.O=[N+]([O-])O. The summed E-state index contributed by atoms with van der Waals surface area (Å²) in [5, 5.41) is 81.8. The van der Waals surface area contributed by atoms with Crippen LogP contribution in [0.3, 0.4) is 0 Å². The second-order valence-corrected chi connectivity index (χ2v) is 1.43. The Labute approximate surface area is 124 Å². The van der Waals surface area contributed by atoms with Crippen molar-refractivity contribution in [2.75, 3.05) is 0 Å². The van der Waals surface area contributed by atoms with E-state index in [0.717, 1.165) is 0 Å². The Kier molecular flexibility index (Phi) is 47.0. The molecule has 0 spiro atoms. The van der Waals surface area contributed by atoms with Crippen molar-refractivity contribution in [1.82, 2.24) is 0 Å². The van der Waals surface area contributed by atoms with Crippen molar-refractivity contribution in [3.8, 4) is 0 Å². The third-order valence-corrected chi connectivity index (χ3v) is 0. The molecule has 0 amide bonds. The molecule has 0 aromatic rings. The zero-order valence-electron chi connectivity index (χ0n) is 10.3. The Morgan fingerprint density at radius 2 is 0.333 bits per heavy atom. The zero-order chi connectivity index (χ0) is 21.5. The molecule has 24 heteroatoms. The molecule has 144 valence electrons. The van der Waals surface area contributed by atoms with Crippen molar-refractivity contribution in [2.24, 2.45) is 0 Å². The van der Waals surface area contributed by atoms with Crippen LogP contribution in [-0.4, -0.2) is 61.8 Å². The molecule has 0 heterocycles. The van der Waals surface area contributed by atoms with Crippen LogP contribution in [-0.2, 0) is 0 Å². The minimum atomic E-state index is -1.50. The van der Waals surface area contributed by atoms with Gasteiger partial charge in [0.2, 0.25) is 0 Å². The van der Waals surface area contributed by atoms with Crippen molar-refractivity contribution < 1.29 is 61.8 Å². The Hall–Kier alpha value is -4.80. The molecule has 0 atom stereocenters. The molecule has 0 bridgehead atoms. The van der Waals surface area contributed by atoms with Crippen molar-refractivity contribution in [3.05, 3.63) is 60.7 Å². The molecule has 0 aromatic heterocycles. The highest BCUT2D eigenvalue weighted by Gasteiger charge is 1.67. The number of hydrogen-bond acceptors (Lipinski definition) is 12. The van der Waals surface area contributed by atoms with E-state index in [1.54, 1.807) is 0 Å². The van der Waals surface area contributed by atoms with Crippen molar-refractivity contribution >= 4 is 0 Å². The van der Waals surface area contributed by atoms with E-state index in [0.29, 0.717) is 0 Å². The first-order valence-corrected chi connectivity index (χ1v) is 3.39. The van der Waals surface area contributed by atoms with E-state index in [4.69, 9.17) is 91.9 Å². The largest absolute Gasteiger partial charge is 0.328 e. The van der Waals surface area contributed by atoms with Gasteiger partial charge in [-0.15, -0.1) is 60.7 Å². The molecule has 0 saturated carbocycles. The molecule has 0 aliphatic carbocycles. The molecule has 0 unspecified atom stereocenters. The van der Waals surface area contributed by atoms with E-state index in [2.05, 4.69) is 0 Å². The van der Waals surface area contributed by atoms with Crippen LogP contribution in [0.25, 0.3) is 0 Å². The summed E-state index contributed by atoms with van der Waals surface area (Å²) in [4.78, 5) is 50.2. The van der Waals surface area contributed by atoms with Crippen LogP contribution in [0.5, 0.6) is 0 Å². The maximum absolute atomic E-state index is 8.36. The van der Waals surface area contributed by atoms with E-state index < -0.39 is 30.5 Å². The highest BCUT2D eigenvalue weighted by molar-refractivity contribution is 3.85. The van der Waals surface area contributed by atoms with E-state index >= 15 is 0 Å². The fourth-order valence-electron chi connectivity index (χ4n) is 0. The van der Waals surface area contributed by atoms with Crippen molar-refractivity contribution in [2.45, 2.75) is 0 Å². The molecule has 6 N–H and O–H groups in total. The first-order valence-electron chi connectivity index (χ1n) is 3.39. The normalized spacial score (nSPS) is 6.00. The molecule has 0 fully saturated rings. The standard InChI is InChI=1S/6HNO3/c6*2-1(3)4/h6*(H,2,3,4). The number of rotatable bonds is 0. The summed E-state index contributed by atoms with van der Waals surface area (Å²) in [5.74, 6) is 0. The Morgan fingerprint density at radius 1 is 0.333 bits per heavy atom. The average Bonchev–Trinajstić information content (AvgIpc) is 2.08. The summed E-state index contributed by atoms with van der Waals surface area (Å²) in [6.07, 6.45) is 0. The third-order valence-electron chi connectivity index (χ3n) is 0. The lowest BCUT2D eigenvalue weighted by molar-refractivity contribution is -0.742. The molecular weight excluding hydrogens is 372 g/mol. The Morgan fingerprint density at radius 3 is 0.333 bits per heavy atom. The van der Waals surface area contributed by atoms with Crippen LogP contribution < -0.4 is 0 Å². The Bertz CT molecular complexity index is 251. The molecule has 0 aliphatic rings. The molecule has 24 heavy (non-hydrogen) atoms. The van der Waals surface area contributed by atoms with Crippen LogP contribution in [0.15, 0.2) is 0 Å². The highest BCUT2D eigenvalue weighted by Crippen LogP contribution is 1.40. The summed E-state index contributed by atoms with van der Waals surface area (Å²) in [5.41, 5.74) is 0. The molecule has 24 nitrogen and oxygen atoms in total. The van der Waals surface area contributed by atoms with Gasteiger partial charge in [-0.3, -0.25) is 0 Å². The molecule has 0 rings (SSSR count). The predicted molar refractivity (Wildman–Crippen MR) is 52.7 cm³/mol. The summed E-state index contributed by atoms with van der Waals surface area (Å²) in [6.45, 7) is 0. The van der Waals surface area contributed by atoms with Gasteiger partial charge in [0.05, 0.1) is 0 Å². The van der Waals surface area contributed by atoms with Crippen LogP contribution in [0.4, 0.5) is 0 Å². The smallest absolute Gasteiger partial charge is 0.291 e. The van der Waals surface area contributed by atoms with Gasteiger partial charge < -0.3 is 31.2 Å². The van der Waals surface area contributed by atoms with Gasteiger partial charge in [-0.2, -0.15) is 0 Å². The van der Waals surface area contributed by atoms with E-state index in [-0.39, 0.29) is 0 Å². The quantitative estimate of drug-likeness (QED) is 0.194. The summed E-state index contributed by atoms with van der Waals surface area (Å²) < 4.78 is 0. The van der Waals surface area contributed by atoms with Gasteiger partial charge in [0.15, 0.2) is 0 Å². The van der Waals surface area contributed by atoms with Crippen molar-refractivity contribution in [1.29, 1.82) is 0 Å². The molecular formula is H6N6O18. The number of hydrogen-bond donors (Lipinski definition) is 6. The average molecular weight is 378 g/mol. The van der Waals surface area contributed by atoms with Crippen LogP contribution in [0.2, 0.25) is 0 Å². The van der Waals surface area contributed by atoms with Gasteiger partial charge in [-0.05, 0) is 0 Å². The van der Waals surface area contributed by atoms with Crippen LogP contribution >= 0.6 is 0 Å². The summed E-state index contributed by atoms with van der Waals surface area (Å²) in [6, 6.07) is 0. The second-order valence-electron chi connectivity index (χ2n) is 1.43. The van der Waals surface area contributed by atoms with Gasteiger partial charge in [0.1, 0.15) is 0 Å². The second kappa shape index (κ2) is 30.9. The fourth-order valence-corrected chi connectivity index (χ4v) is 0. The topological polar surface area (TPSA) is 380 Å². The highest BCUT2D eigenvalue weighted by atomic mass is 16.9. The monoisotopic (exact) mass is 378 g/mol. The minimum absolute atomic E-state index is 1.50.